The number of hydrogen-bond acceptors (Lipinski definition) is 7. The van der Waals surface area contributed by atoms with Crippen LogP contribution in [0, 0.1) is 6.92 Å². The second-order valence-electron chi connectivity index (χ2n) is 3.92. The zero-order valence-corrected chi connectivity index (χ0v) is 11.0. The summed E-state index contributed by atoms with van der Waals surface area (Å²) in [6, 6.07) is 5.62. The van der Waals surface area contributed by atoms with Crippen LogP contribution in [0.5, 0.6) is 0 Å². The van der Waals surface area contributed by atoms with Crippen LogP contribution in [-0.2, 0) is 12.3 Å². The molecule has 98 valence electrons. The SMILES string of the molecule is Cc1cc(CSc2nnnn2Cc2ccco2)on1. The van der Waals surface area contributed by atoms with Gasteiger partial charge in [0, 0.05) is 6.07 Å². The highest BCUT2D eigenvalue weighted by atomic mass is 32.2. The van der Waals surface area contributed by atoms with E-state index in [1.807, 2.05) is 25.1 Å². The van der Waals surface area contributed by atoms with Crippen LogP contribution in [0.4, 0.5) is 0 Å². The Morgan fingerprint density at radius 2 is 2.32 bits per heavy atom. The third-order valence-corrected chi connectivity index (χ3v) is 3.38. The van der Waals surface area contributed by atoms with Crippen LogP contribution in [-0.4, -0.2) is 25.4 Å². The summed E-state index contributed by atoms with van der Waals surface area (Å²) in [6.45, 7) is 2.40. The molecule has 3 heterocycles. The number of furan rings is 1. The van der Waals surface area contributed by atoms with Crippen molar-refractivity contribution in [2.45, 2.75) is 24.4 Å². The van der Waals surface area contributed by atoms with Gasteiger partial charge in [0.05, 0.1) is 17.7 Å². The first-order chi connectivity index (χ1) is 9.31. The van der Waals surface area contributed by atoms with Gasteiger partial charge in [0.1, 0.15) is 18.1 Å². The van der Waals surface area contributed by atoms with E-state index < -0.39 is 0 Å². The van der Waals surface area contributed by atoms with Crippen LogP contribution in [0.3, 0.4) is 0 Å². The van der Waals surface area contributed by atoms with Gasteiger partial charge in [-0.15, -0.1) is 5.10 Å². The van der Waals surface area contributed by atoms with E-state index in [0.29, 0.717) is 17.5 Å². The molecule has 0 saturated carbocycles. The molecule has 0 radical (unpaired) electrons. The van der Waals surface area contributed by atoms with Crippen molar-refractivity contribution in [3.05, 3.63) is 41.7 Å². The summed E-state index contributed by atoms with van der Waals surface area (Å²) < 4.78 is 12.1. The average Bonchev–Trinajstić information content (AvgIpc) is 3.10. The Kier molecular flexibility index (Phi) is 3.32. The molecule has 3 rings (SSSR count). The minimum absolute atomic E-state index is 0.512. The second kappa shape index (κ2) is 5.27. The lowest BCUT2D eigenvalue weighted by Gasteiger charge is -2.00. The number of hydrogen-bond donors (Lipinski definition) is 0. The molecule has 0 aliphatic carbocycles. The maximum absolute atomic E-state index is 5.27. The van der Waals surface area contributed by atoms with Crippen LogP contribution >= 0.6 is 11.8 Å². The molecule has 3 aromatic heterocycles. The smallest absolute Gasteiger partial charge is 0.210 e. The normalized spacial score (nSPS) is 11.0. The fourth-order valence-corrected chi connectivity index (χ4v) is 2.32. The van der Waals surface area contributed by atoms with E-state index in [4.69, 9.17) is 8.94 Å². The molecule has 3 aromatic rings. The van der Waals surface area contributed by atoms with Gasteiger partial charge in [0.25, 0.3) is 0 Å². The third kappa shape index (κ3) is 2.84. The van der Waals surface area contributed by atoms with Crippen molar-refractivity contribution >= 4 is 11.8 Å². The molecule has 0 atom stereocenters. The zero-order chi connectivity index (χ0) is 13.1. The van der Waals surface area contributed by atoms with Crippen LogP contribution in [0.1, 0.15) is 17.2 Å². The number of thioether (sulfide) groups is 1. The predicted molar refractivity (Wildman–Crippen MR) is 66.4 cm³/mol. The van der Waals surface area contributed by atoms with Gasteiger partial charge in [0.2, 0.25) is 5.16 Å². The Bertz CT molecular complexity index is 646. The summed E-state index contributed by atoms with van der Waals surface area (Å²) in [5.41, 5.74) is 0.866. The van der Waals surface area contributed by atoms with Crippen LogP contribution in [0.25, 0.3) is 0 Å². The molecular weight excluding hydrogens is 266 g/mol. The molecule has 0 bridgehead atoms. The summed E-state index contributed by atoms with van der Waals surface area (Å²) in [7, 11) is 0. The van der Waals surface area contributed by atoms with E-state index in [0.717, 1.165) is 17.2 Å². The summed E-state index contributed by atoms with van der Waals surface area (Å²) in [5.74, 6) is 2.25. The van der Waals surface area contributed by atoms with Crippen molar-refractivity contribution < 1.29 is 8.94 Å². The summed E-state index contributed by atoms with van der Waals surface area (Å²) >= 11 is 1.49. The molecule has 0 N–H and O–H groups in total. The molecule has 19 heavy (non-hydrogen) atoms. The van der Waals surface area contributed by atoms with Crippen LogP contribution < -0.4 is 0 Å². The molecular formula is C11H11N5O2S. The summed E-state index contributed by atoms with van der Waals surface area (Å²) in [4.78, 5) is 0. The van der Waals surface area contributed by atoms with E-state index in [9.17, 15) is 0 Å². The lowest BCUT2D eigenvalue weighted by atomic mass is 10.4. The number of aromatic nitrogens is 5. The van der Waals surface area contributed by atoms with Gasteiger partial charge in [-0.1, -0.05) is 16.9 Å². The third-order valence-electron chi connectivity index (χ3n) is 2.41. The van der Waals surface area contributed by atoms with Gasteiger partial charge in [0.15, 0.2) is 0 Å². The summed E-state index contributed by atoms with van der Waals surface area (Å²) in [6.07, 6.45) is 1.63. The van der Waals surface area contributed by atoms with Gasteiger partial charge < -0.3 is 8.94 Å². The zero-order valence-electron chi connectivity index (χ0n) is 10.2. The molecule has 0 aliphatic heterocycles. The van der Waals surface area contributed by atoms with E-state index in [-0.39, 0.29) is 0 Å². The van der Waals surface area contributed by atoms with E-state index in [2.05, 4.69) is 20.7 Å². The second-order valence-corrected chi connectivity index (χ2v) is 4.86. The maximum atomic E-state index is 5.27. The maximum Gasteiger partial charge on any atom is 0.210 e. The molecule has 8 heteroatoms. The molecule has 0 aliphatic rings. The quantitative estimate of drug-likeness (QED) is 0.658. The molecule has 0 amide bonds. The first-order valence-electron chi connectivity index (χ1n) is 5.65. The van der Waals surface area contributed by atoms with Crippen molar-refractivity contribution in [3.8, 4) is 0 Å². The standard InChI is InChI=1S/C11H11N5O2S/c1-8-5-10(18-13-8)7-19-11-12-14-15-16(11)6-9-3-2-4-17-9/h2-5H,6-7H2,1H3. The number of aryl methyl sites for hydroxylation is 1. The van der Waals surface area contributed by atoms with E-state index in [1.54, 1.807) is 10.9 Å². The molecule has 0 saturated heterocycles. The Balaban J connectivity index is 1.66. The van der Waals surface area contributed by atoms with Crippen LogP contribution in [0.2, 0.25) is 0 Å². The fraction of sp³-hybridized carbons (Fsp3) is 0.273. The first-order valence-corrected chi connectivity index (χ1v) is 6.63. The van der Waals surface area contributed by atoms with Crippen molar-refractivity contribution in [2.75, 3.05) is 0 Å². The fourth-order valence-electron chi connectivity index (χ4n) is 1.57. The number of tetrazole rings is 1. The van der Waals surface area contributed by atoms with Crippen molar-refractivity contribution in [1.29, 1.82) is 0 Å². The van der Waals surface area contributed by atoms with Gasteiger partial charge in [-0.2, -0.15) is 0 Å². The summed E-state index contributed by atoms with van der Waals surface area (Å²) in [5, 5.41) is 16.1. The molecule has 0 fully saturated rings. The molecule has 7 nitrogen and oxygen atoms in total. The Morgan fingerprint density at radius 1 is 1.37 bits per heavy atom. The van der Waals surface area contributed by atoms with Crippen LogP contribution in [0.15, 0.2) is 38.6 Å². The van der Waals surface area contributed by atoms with Gasteiger partial charge >= 0.3 is 0 Å². The number of rotatable bonds is 5. The van der Waals surface area contributed by atoms with Gasteiger partial charge in [-0.3, -0.25) is 0 Å². The Morgan fingerprint density at radius 3 is 3.05 bits per heavy atom. The van der Waals surface area contributed by atoms with Gasteiger partial charge in [-0.05, 0) is 29.5 Å². The van der Waals surface area contributed by atoms with Crippen molar-refractivity contribution in [1.82, 2.24) is 25.4 Å². The minimum atomic E-state index is 0.512. The number of nitrogens with zero attached hydrogens (tertiary/aromatic N) is 5. The highest BCUT2D eigenvalue weighted by Gasteiger charge is 2.10. The minimum Gasteiger partial charge on any atom is -0.467 e. The molecule has 0 spiro atoms. The first kappa shape index (κ1) is 12.0. The largest absolute Gasteiger partial charge is 0.467 e. The van der Waals surface area contributed by atoms with Crippen molar-refractivity contribution in [3.63, 3.8) is 0 Å². The van der Waals surface area contributed by atoms with Gasteiger partial charge in [-0.25, -0.2) is 4.68 Å². The highest BCUT2D eigenvalue weighted by molar-refractivity contribution is 7.98. The predicted octanol–water partition coefficient (Wildman–Crippen LogP) is 1.90. The Hall–Kier alpha value is -2.09. The Labute approximate surface area is 113 Å². The highest BCUT2D eigenvalue weighted by Crippen LogP contribution is 2.20. The average molecular weight is 277 g/mol. The monoisotopic (exact) mass is 277 g/mol. The lowest BCUT2D eigenvalue weighted by Crippen LogP contribution is -2.02. The van der Waals surface area contributed by atoms with E-state index in [1.165, 1.54) is 11.8 Å². The molecule has 0 aromatic carbocycles. The topological polar surface area (TPSA) is 82.8 Å². The lowest BCUT2D eigenvalue weighted by molar-refractivity contribution is 0.390. The van der Waals surface area contributed by atoms with Crippen molar-refractivity contribution in [2.24, 2.45) is 0 Å². The molecule has 0 unspecified atom stereocenters. The van der Waals surface area contributed by atoms with E-state index >= 15 is 0 Å².